The van der Waals surface area contributed by atoms with Crippen LogP contribution in [0.3, 0.4) is 0 Å². The minimum atomic E-state index is -0.622. The molecule has 2 aromatic rings. The number of para-hydroxylation sites is 1. The largest absolute Gasteiger partial charge is 0.443 e. The summed E-state index contributed by atoms with van der Waals surface area (Å²) in [6, 6.07) is 17.0. The number of anilines is 1. The lowest BCUT2D eigenvalue weighted by Crippen LogP contribution is -2.49. The molecule has 1 aliphatic heterocycles. The summed E-state index contributed by atoms with van der Waals surface area (Å²) in [5.74, 6) is -0.159. The molecular formula is C22H26N2O3. The molecule has 0 bridgehead atoms. The van der Waals surface area contributed by atoms with Crippen molar-refractivity contribution >= 4 is 17.7 Å². The molecular weight excluding hydrogens is 340 g/mol. The molecule has 1 N–H and O–H groups in total. The Hall–Kier alpha value is -2.82. The Balaban J connectivity index is 1.70. The fourth-order valence-corrected chi connectivity index (χ4v) is 3.23. The second kappa shape index (κ2) is 7.82. The van der Waals surface area contributed by atoms with Gasteiger partial charge in [-0.15, -0.1) is 0 Å². The van der Waals surface area contributed by atoms with Crippen molar-refractivity contribution in [1.29, 1.82) is 0 Å². The Bertz CT molecular complexity index is 812. The number of nitrogens with one attached hydrogen (secondary N) is 1. The first kappa shape index (κ1) is 19.0. The predicted octanol–water partition coefficient (Wildman–Crippen LogP) is 3.71. The van der Waals surface area contributed by atoms with Gasteiger partial charge in [-0.3, -0.25) is 9.69 Å². The van der Waals surface area contributed by atoms with E-state index in [0.29, 0.717) is 13.0 Å². The Morgan fingerprint density at radius 1 is 1.07 bits per heavy atom. The smallest absolute Gasteiger partial charge is 0.415 e. The van der Waals surface area contributed by atoms with Gasteiger partial charge in [0.15, 0.2) is 0 Å². The average molecular weight is 366 g/mol. The molecule has 0 aliphatic carbocycles. The lowest BCUT2D eigenvalue weighted by molar-refractivity contribution is -0.122. The first-order valence-electron chi connectivity index (χ1n) is 9.27. The first-order valence-corrected chi connectivity index (χ1v) is 9.27. The van der Waals surface area contributed by atoms with Gasteiger partial charge in [-0.05, 0) is 44.4 Å². The number of benzene rings is 2. The molecule has 0 saturated heterocycles. The Morgan fingerprint density at radius 3 is 2.44 bits per heavy atom. The zero-order valence-electron chi connectivity index (χ0n) is 16.1. The maximum Gasteiger partial charge on any atom is 0.415 e. The van der Waals surface area contributed by atoms with E-state index in [1.54, 1.807) is 0 Å². The highest BCUT2D eigenvalue weighted by molar-refractivity contribution is 6.00. The van der Waals surface area contributed by atoms with Crippen molar-refractivity contribution in [2.24, 2.45) is 0 Å². The van der Waals surface area contributed by atoms with Crippen LogP contribution in [0.5, 0.6) is 0 Å². The van der Waals surface area contributed by atoms with Crippen LogP contribution in [-0.2, 0) is 22.4 Å². The highest BCUT2D eigenvalue weighted by Gasteiger charge is 2.40. The van der Waals surface area contributed by atoms with Gasteiger partial charge in [-0.25, -0.2) is 4.79 Å². The van der Waals surface area contributed by atoms with E-state index in [0.717, 1.165) is 23.2 Å². The van der Waals surface area contributed by atoms with E-state index in [9.17, 15) is 9.59 Å². The molecule has 0 radical (unpaired) electrons. The molecule has 2 amide bonds. The van der Waals surface area contributed by atoms with Crippen LogP contribution in [0.25, 0.3) is 0 Å². The van der Waals surface area contributed by atoms with Crippen LogP contribution in [0.2, 0.25) is 0 Å². The van der Waals surface area contributed by atoms with Gasteiger partial charge in [-0.2, -0.15) is 0 Å². The molecule has 2 aromatic carbocycles. The summed E-state index contributed by atoms with van der Waals surface area (Å²) in [6.45, 7) is 5.99. The lowest BCUT2D eigenvalue weighted by Gasteiger charge is -2.28. The number of fused-ring (bicyclic) bond motifs is 1. The van der Waals surface area contributed by atoms with Gasteiger partial charge in [0.1, 0.15) is 11.6 Å². The zero-order valence-corrected chi connectivity index (χ0v) is 16.1. The Kier molecular flexibility index (Phi) is 5.49. The number of carbonyl (C=O) groups is 2. The normalized spacial score (nSPS) is 16.0. The summed E-state index contributed by atoms with van der Waals surface area (Å²) in [5.41, 5.74) is 2.26. The van der Waals surface area contributed by atoms with E-state index in [2.05, 4.69) is 5.32 Å². The van der Waals surface area contributed by atoms with Crippen molar-refractivity contribution in [2.45, 2.75) is 45.3 Å². The van der Waals surface area contributed by atoms with Gasteiger partial charge in [0.2, 0.25) is 5.91 Å². The van der Waals surface area contributed by atoms with Crippen molar-refractivity contribution in [1.82, 2.24) is 5.32 Å². The van der Waals surface area contributed by atoms with Gasteiger partial charge < -0.3 is 10.1 Å². The Labute approximate surface area is 160 Å². The minimum Gasteiger partial charge on any atom is -0.443 e. The second-order valence-electron chi connectivity index (χ2n) is 7.73. The van der Waals surface area contributed by atoms with Crippen molar-refractivity contribution in [3.63, 3.8) is 0 Å². The molecule has 3 rings (SSSR count). The standard InChI is InChI=1S/C22H26N2O3/c1-22(2,3)27-21(26)24-18-12-8-7-11-17(18)15-19(24)20(25)23-14-13-16-9-5-4-6-10-16/h4-12,19H,13-15H2,1-3H3,(H,23,25)/t19-/m1/s1. The van der Waals surface area contributed by atoms with Crippen LogP contribution in [0.4, 0.5) is 10.5 Å². The van der Waals surface area contributed by atoms with Crippen molar-refractivity contribution in [3.8, 4) is 0 Å². The molecule has 5 heteroatoms. The monoisotopic (exact) mass is 366 g/mol. The quantitative estimate of drug-likeness (QED) is 0.897. The molecule has 0 saturated carbocycles. The number of amides is 2. The molecule has 5 nitrogen and oxygen atoms in total. The third-order valence-corrected chi connectivity index (χ3v) is 4.42. The average Bonchev–Trinajstić information content (AvgIpc) is 3.01. The number of ether oxygens (including phenoxy) is 1. The minimum absolute atomic E-state index is 0.159. The van der Waals surface area contributed by atoms with Crippen LogP contribution in [0, 0.1) is 0 Å². The van der Waals surface area contributed by atoms with Crippen LogP contribution >= 0.6 is 0 Å². The number of nitrogens with zero attached hydrogens (tertiary/aromatic N) is 1. The van der Waals surface area contributed by atoms with E-state index in [1.807, 2.05) is 75.4 Å². The van der Waals surface area contributed by atoms with Crippen molar-refractivity contribution in [3.05, 3.63) is 65.7 Å². The van der Waals surface area contributed by atoms with Gasteiger partial charge in [-0.1, -0.05) is 48.5 Å². The van der Waals surface area contributed by atoms with Crippen molar-refractivity contribution < 1.29 is 14.3 Å². The molecule has 1 aliphatic rings. The van der Waals surface area contributed by atoms with Gasteiger partial charge in [0.25, 0.3) is 0 Å². The fourth-order valence-electron chi connectivity index (χ4n) is 3.23. The van der Waals surface area contributed by atoms with E-state index in [4.69, 9.17) is 4.74 Å². The van der Waals surface area contributed by atoms with Crippen LogP contribution < -0.4 is 10.2 Å². The van der Waals surface area contributed by atoms with E-state index < -0.39 is 17.7 Å². The molecule has 27 heavy (non-hydrogen) atoms. The number of hydrogen-bond donors (Lipinski definition) is 1. The van der Waals surface area contributed by atoms with E-state index >= 15 is 0 Å². The third-order valence-electron chi connectivity index (χ3n) is 4.42. The topological polar surface area (TPSA) is 58.6 Å². The summed E-state index contributed by atoms with van der Waals surface area (Å²) < 4.78 is 5.54. The van der Waals surface area contributed by atoms with Crippen LogP contribution in [-0.4, -0.2) is 30.2 Å². The number of rotatable bonds is 4. The first-order chi connectivity index (χ1) is 12.8. The van der Waals surface area contributed by atoms with Gasteiger partial charge in [0.05, 0.1) is 5.69 Å². The molecule has 0 unspecified atom stereocenters. The fraction of sp³-hybridized carbons (Fsp3) is 0.364. The second-order valence-corrected chi connectivity index (χ2v) is 7.73. The predicted molar refractivity (Wildman–Crippen MR) is 106 cm³/mol. The summed E-state index contributed by atoms with van der Waals surface area (Å²) >= 11 is 0. The van der Waals surface area contributed by atoms with E-state index in [-0.39, 0.29) is 5.91 Å². The zero-order chi connectivity index (χ0) is 19.4. The highest BCUT2D eigenvalue weighted by Crippen LogP contribution is 2.33. The SMILES string of the molecule is CC(C)(C)OC(=O)N1c2ccccc2C[C@@H]1C(=O)NCCc1ccccc1. The van der Waals surface area contributed by atoms with Gasteiger partial charge >= 0.3 is 6.09 Å². The summed E-state index contributed by atoms with van der Waals surface area (Å²) in [5, 5.41) is 2.97. The molecule has 0 aromatic heterocycles. The maximum atomic E-state index is 12.8. The molecule has 1 heterocycles. The third kappa shape index (κ3) is 4.67. The van der Waals surface area contributed by atoms with Crippen molar-refractivity contribution in [2.75, 3.05) is 11.4 Å². The molecule has 1 atom stereocenters. The summed E-state index contributed by atoms with van der Waals surface area (Å²) in [7, 11) is 0. The number of carbonyl (C=O) groups excluding carboxylic acids is 2. The van der Waals surface area contributed by atoms with Crippen LogP contribution in [0.15, 0.2) is 54.6 Å². The maximum absolute atomic E-state index is 12.8. The van der Waals surface area contributed by atoms with Crippen LogP contribution in [0.1, 0.15) is 31.9 Å². The lowest BCUT2D eigenvalue weighted by atomic mass is 10.1. The summed E-state index contributed by atoms with van der Waals surface area (Å²) in [4.78, 5) is 27.1. The molecule has 0 spiro atoms. The molecule has 142 valence electrons. The van der Waals surface area contributed by atoms with E-state index in [1.165, 1.54) is 4.90 Å². The highest BCUT2D eigenvalue weighted by atomic mass is 16.6. The molecule has 0 fully saturated rings. The Morgan fingerprint density at radius 2 is 1.74 bits per heavy atom. The summed E-state index contributed by atoms with van der Waals surface area (Å²) in [6.07, 6.45) is 0.751. The van der Waals surface area contributed by atoms with Gasteiger partial charge in [0, 0.05) is 13.0 Å². The number of hydrogen-bond acceptors (Lipinski definition) is 3.